The summed E-state index contributed by atoms with van der Waals surface area (Å²) in [6.45, 7) is 0. The summed E-state index contributed by atoms with van der Waals surface area (Å²) in [6.07, 6.45) is 4.90. The van der Waals surface area contributed by atoms with Gasteiger partial charge < -0.3 is 16.6 Å². The number of carboxylic acids is 1. The van der Waals surface area contributed by atoms with Crippen molar-refractivity contribution in [1.82, 2.24) is 4.98 Å². The summed E-state index contributed by atoms with van der Waals surface area (Å²) in [5.41, 5.74) is 14.8. The van der Waals surface area contributed by atoms with Crippen LogP contribution < -0.4 is 16.4 Å². The van der Waals surface area contributed by atoms with Crippen LogP contribution in [-0.4, -0.2) is 33.6 Å². The number of anilines is 1. The molecule has 0 bridgehead atoms. The Kier molecular flexibility index (Phi) is 4.77. The van der Waals surface area contributed by atoms with Crippen molar-refractivity contribution >= 4 is 34.5 Å². The molecule has 0 radical (unpaired) electrons. The van der Waals surface area contributed by atoms with Gasteiger partial charge in [0.15, 0.2) is 0 Å². The number of pyridine rings is 1. The average Bonchev–Trinajstić information content (AvgIpc) is 2.78. The first-order valence-corrected chi connectivity index (χ1v) is 10.7. The molecule has 5 rings (SSSR count). The quantitative estimate of drug-likeness (QED) is 0.583. The second kappa shape index (κ2) is 7.64. The average molecular weight is 428 g/mol. The number of hydrogen-bond acceptors (Lipinski definition) is 7. The van der Waals surface area contributed by atoms with E-state index in [9.17, 15) is 9.90 Å². The number of nitrogens with zero attached hydrogens (tertiary/aromatic N) is 4. The molecule has 0 unspecified atom stereocenters. The van der Waals surface area contributed by atoms with Crippen LogP contribution in [0.1, 0.15) is 42.5 Å². The van der Waals surface area contributed by atoms with Gasteiger partial charge in [0.25, 0.3) is 0 Å². The standard InChI is InChI=1S/C24H24N6O2/c25-22-28-23(26)30(24(29-22)11-4-1-5-12-24)16-8-6-7-15(13-16)20-14-18(21(31)32)17-9-2-3-10-19(17)27-20/h2-3,6-10,13-14H,1,4-5,11-12H2,(H,31,32)(H4,25,26,28,29). The number of benzene rings is 2. The van der Waals surface area contributed by atoms with Crippen LogP contribution in [0.2, 0.25) is 0 Å². The molecule has 3 aromatic rings. The van der Waals surface area contributed by atoms with E-state index in [0.29, 0.717) is 22.6 Å². The molecule has 5 N–H and O–H groups in total. The van der Waals surface area contributed by atoms with Crippen molar-refractivity contribution in [3.05, 3.63) is 60.2 Å². The van der Waals surface area contributed by atoms with Crippen molar-refractivity contribution in [2.45, 2.75) is 37.8 Å². The van der Waals surface area contributed by atoms with E-state index >= 15 is 0 Å². The van der Waals surface area contributed by atoms with Crippen molar-refractivity contribution < 1.29 is 9.90 Å². The first-order valence-electron chi connectivity index (χ1n) is 10.7. The SMILES string of the molecule is NC1=NC2(CCCCC2)N(c2cccc(-c3cc(C(=O)O)c4ccccc4n3)c2)C(N)=N1. The number of carboxylic acid groups (broad SMARTS) is 1. The largest absolute Gasteiger partial charge is 0.478 e. The zero-order valence-corrected chi connectivity index (χ0v) is 17.5. The summed E-state index contributed by atoms with van der Waals surface area (Å²) < 4.78 is 0. The Labute approximate surface area is 185 Å². The first kappa shape index (κ1) is 20.0. The molecule has 8 heteroatoms. The predicted octanol–water partition coefficient (Wildman–Crippen LogP) is 3.71. The normalized spacial score (nSPS) is 17.8. The number of guanidine groups is 2. The maximum Gasteiger partial charge on any atom is 0.336 e. The molecule has 2 aliphatic rings. The molecule has 162 valence electrons. The minimum absolute atomic E-state index is 0.208. The van der Waals surface area contributed by atoms with E-state index in [-0.39, 0.29) is 11.5 Å². The molecule has 0 amide bonds. The van der Waals surface area contributed by atoms with Crippen molar-refractivity contribution in [1.29, 1.82) is 0 Å². The van der Waals surface area contributed by atoms with Gasteiger partial charge in [-0.25, -0.2) is 14.8 Å². The molecule has 2 aromatic carbocycles. The Morgan fingerprint density at radius 1 is 1.00 bits per heavy atom. The zero-order chi connectivity index (χ0) is 22.3. The Morgan fingerprint density at radius 3 is 2.56 bits per heavy atom. The van der Waals surface area contributed by atoms with Crippen molar-refractivity contribution in [3.63, 3.8) is 0 Å². The summed E-state index contributed by atoms with van der Waals surface area (Å²) in [7, 11) is 0. The van der Waals surface area contributed by atoms with Crippen LogP contribution in [0.5, 0.6) is 0 Å². The van der Waals surface area contributed by atoms with E-state index in [1.54, 1.807) is 12.1 Å². The molecule has 1 saturated carbocycles. The van der Waals surface area contributed by atoms with Gasteiger partial charge in [0.05, 0.1) is 16.8 Å². The number of aliphatic imine (C=N–C) groups is 2. The van der Waals surface area contributed by atoms with Crippen LogP contribution in [0.15, 0.2) is 64.6 Å². The Hall–Kier alpha value is -3.94. The van der Waals surface area contributed by atoms with Crippen molar-refractivity contribution in [2.75, 3.05) is 4.90 Å². The number of aromatic carboxylic acids is 1. The summed E-state index contributed by atoms with van der Waals surface area (Å²) in [6, 6.07) is 16.6. The highest BCUT2D eigenvalue weighted by atomic mass is 16.4. The van der Waals surface area contributed by atoms with Crippen LogP contribution >= 0.6 is 0 Å². The van der Waals surface area contributed by atoms with E-state index in [1.807, 2.05) is 47.4 Å². The smallest absolute Gasteiger partial charge is 0.336 e. The van der Waals surface area contributed by atoms with Gasteiger partial charge in [0, 0.05) is 16.6 Å². The fourth-order valence-electron chi connectivity index (χ4n) is 4.80. The van der Waals surface area contributed by atoms with E-state index in [2.05, 4.69) is 4.99 Å². The molecule has 0 saturated heterocycles. The third-order valence-electron chi connectivity index (χ3n) is 6.20. The Morgan fingerprint density at radius 2 is 1.78 bits per heavy atom. The third kappa shape index (κ3) is 3.33. The topological polar surface area (TPSA) is 130 Å². The third-order valence-corrected chi connectivity index (χ3v) is 6.20. The number of para-hydroxylation sites is 1. The summed E-state index contributed by atoms with van der Waals surface area (Å²) in [4.78, 5) is 27.5. The van der Waals surface area contributed by atoms with Crippen molar-refractivity contribution in [3.8, 4) is 11.3 Å². The van der Waals surface area contributed by atoms with E-state index in [1.165, 1.54) is 0 Å². The number of hydrogen-bond donors (Lipinski definition) is 3. The number of fused-ring (bicyclic) bond motifs is 1. The lowest BCUT2D eigenvalue weighted by Crippen LogP contribution is -2.58. The molecule has 1 aliphatic carbocycles. The Balaban J connectivity index is 1.63. The second-order valence-corrected chi connectivity index (χ2v) is 8.25. The molecule has 8 nitrogen and oxygen atoms in total. The molecule has 1 aromatic heterocycles. The molecule has 1 aliphatic heterocycles. The summed E-state index contributed by atoms with van der Waals surface area (Å²) >= 11 is 0. The maximum absolute atomic E-state index is 11.9. The molecule has 32 heavy (non-hydrogen) atoms. The molecule has 1 fully saturated rings. The lowest BCUT2D eigenvalue weighted by molar-refractivity contribution is 0.0699. The van der Waals surface area contributed by atoms with Gasteiger partial charge in [0.2, 0.25) is 11.9 Å². The first-order chi connectivity index (χ1) is 15.5. The highest BCUT2D eigenvalue weighted by molar-refractivity contribution is 6.06. The highest BCUT2D eigenvalue weighted by Gasteiger charge is 2.42. The fourth-order valence-corrected chi connectivity index (χ4v) is 4.80. The minimum atomic E-state index is -0.987. The predicted molar refractivity (Wildman–Crippen MR) is 126 cm³/mol. The number of rotatable bonds is 3. The van der Waals surface area contributed by atoms with Crippen LogP contribution in [0.3, 0.4) is 0 Å². The summed E-state index contributed by atoms with van der Waals surface area (Å²) in [5.74, 6) is -0.465. The van der Waals surface area contributed by atoms with Crippen molar-refractivity contribution in [2.24, 2.45) is 21.5 Å². The number of carbonyl (C=O) groups is 1. The van der Waals surface area contributed by atoms with Gasteiger partial charge in [-0.15, -0.1) is 0 Å². The molecular formula is C24H24N6O2. The van der Waals surface area contributed by atoms with Gasteiger partial charge in [-0.05, 0) is 49.9 Å². The van der Waals surface area contributed by atoms with E-state index in [0.717, 1.165) is 43.4 Å². The fraction of sp³-hybridized carbons (Fsp3) is 0.250. The minimum Gasteiger partial charge on any atom is -0.478 e. The van der Waals surface area contributed by atoms with Crippen LogP contribution in [0, 0.1) is 0 Å². The van der Waals surface area contributed by atoms with Gasteiger partial charge >= 0.3 is 5.97 Å². The molecule has 1 spiro atoms. The molecule has 2 heterocycles. The van der Waals surface area contributed by atoms with Crippen LogP contribution in [0.25, 0.3) is 22.2 Å². The van der Waals surface area contributed by atoms with Gasteiger partial charge in [-0.1, -0.05) is 36.8 Å². The number of nitrogens with two attached hydrogens (primary N) is 2. The lowest BCUT2D eigenvalue weighted by Gasteiger charge is -2.45. The second-order valence-electron chi connectivity index (χ2n) is 8.25. The van der Waals surface area contributed by atoms with Crippen LogP contribution in [0.4, 0.5) is 5.69 Å². The highest BCUT2D eigenvalue weighted by Crippen LogP contribution is 2.40. The molecule has 0 atom stereocenters. The van der Waals surface area contributed by atoms with Gasteiger partial charge in [-0.3, -0.25) is 4.90 Å². The lowest BCUT2D eigenvalue weighted by atomic mass is 9.87. The van der Waals surface area contributed by atoms with E-state index in [4.69, 9.17) is 21.4 Å². The maximum atomic E-state index is 11.9. The molecular weight excluding hydrogens is 404 g/mol. The van der Waals surface area contributed by atoms with Gasteiger partial charge in [-0.2, -0.15) is 4.99 Å². The van der Waals surface area contributed by atoms with Gasteiger partial charge in [0.1, 0.15) is 5.66 Å². The summed E-state index contributed by atoms with van der Waals surface area (Å²) in [5, 5.41) is 10.4. The zero-order valence-electron chi connectivity index (χ0n) is 17.5. The Bertz CT molecular complexity index is 1280. The monoisotopic (exact) mass is 428 g/mol. The number of aromatic nitrogens is 1. The van der Waals surface area contributed by atoms with Crippen LogP contribution in [-0.2, 0) is 0 Å². The van der Waals surface area contributed by atoms with E-state index < -0.39 is 11.6 Å².